The number of hydrogen-bond donors (Lipinski definition) is 2. The molecule has 2 N–H and O–H groups in total. The number of likely N-dealkylation sites (N-methyl/N-ethyl adjacent to an activating group) is 1. The Kier molecular flexibility index (Phi) is 8.16. The van der Waals surface area contributed by atoms with Gasteiger partial charge in [0, 0.05) is 44.0 Å². The Hall–Kier alpha value is -2.13. The first-order valence-corrected chi connectivity index (χ1v) is 12.6. The summed E-state index contributed by atoms with van der Waals surface area (Å²) < 4.78 is 28.4. The third kappa shape index (κ3) is 6.45. The predicted molar refractivity (Wildman–Crippen MR) is 129 cm³/mol. The molecule has 0 atom stereocenters. The number of anilines is 1. The van der Waals surface area contributed by atoms with E-state index in [-0.39, 0.29) is 21.4 Å². The van der Waals surface area contributed by atoms with Crippen LogP contribution in [0.4, 0.5) is 5.69 Å². The van der Waals surface area contributed by atoms with Crippen molar-refractivity contribution in [3.8, 4) is 0 Å². The van der Waals surface area contributed by atoms with Gasteiger partial charge in [0.25, 0.3) is 15.9 Å². The summed E-state index contributed by atoms with van der Waals surface area (Å²) in [5.74, 6) is -0.317. The fourth-order valence-electron chi connectivity index (χ4n) is 3.54. The topological polar surface area (TPSA) is 81.7 Å². The maximum atomic E-state index is 12.9. The number of amides is 1. The second-order valence-corrected chi connectivity index (χ2v) is 10.4. The van der Waals surface area contributed by atoms with Gasteiger partial charge in [-0.2, -0.15) is 0 Å². The molecule has 174 valence electrons. The van der Waals surface area contributed by atoms with Crippen molar-refractivity contribution in [3.05, 3.63) is 58.1 Å². The predicted octanol–water partition coefficient (Wildman–Crippen LogP) is 3.12. The number of sulfonamides is 1. The summed E-state index contributed by atoms with van der Waals surface area (Å²) in [4.78, 5) is 17.1. The van der Waals surface area contributed by atoms with Crippen LogP contribution in [0.15, 0.2) is 41.3 Å². The van der Waals surface area contributed by atoms with E-state index < -0.39 is 10.0 Å². The highest BCUT2D eigenvalue weighted by Gasteiger charge is 2.21. The number of aryl methyl sites for hydroxylation is 2. The number of carbonyl (C=O) groups is 1. The van der Waals surface area contributed by atoms with Crippen molar-refractivity contribution in [2.24, 2.45) is 0 Å². The fourth-order valence-corrected chi connectivity index (χ4v) is 5.12. The highest BCUT2D eigenvalue weighted by atomic mass is 35.5. The molecule has 1 amide bonds. The van der Waals surface area contributed by atoms with Gasteiger partial charge in [0.05, 0.1) is 5.02 Å². The average Bonchev–Trinajstić information content (AvgIpc) is 2.75. The second kappa shape index (κ2) is 10.7. The first kappa shape index (κ1) is 24.5. The van der Waals surface area contributed by atoms with Crippen LogP contribution in [0.3, 0.4) is 0 Å². The smallest absolute Gasteiger partial charge is 0.263 e. The summed E-state index contributed by atoms with van der Waals surface area (Å²) in [5, 5.41) is 2.94. The highest BCUT2D eigenvalue weighted by molar-refractivity contribution is 7.92. The molecule has 2 aromatic carbocycles. The van der Waals surface area contributed by atoms with E-state index in [1.165, 1.54) is 18.2 Å². The minimum Gasteiger partial charge on any atom is -0.352 e. The van der Waals surface area contributed by atoms with Crippen molar-refractivity contribution in [2.75, 3.05) is 51.0 Å². The van der Waals surface area contributed by atoms with Gasteiger partial charge >= 0.3 is 0 Å². The van der Waals surface area contributed by atoms with E-state index in [2.05, 4.69) is 26.9 Å². The number of nitrogens with zero attached hydrogens (tertiary/aromatic N) is 2. The molecule has 9 heteroatoms. The van der Waals surface area contributed by atoms with E-state index in [1.807, 2.05) is 19.9 Å². The molecule has 0 bridgehead atoms. The molecule has 1 aliphatic heterocycles. The second-order valence-electron chi connectivity index (χ2n) is 8.30. The van der Waals surface area contributed by atoms with Gasteiger partial charge in [-0.15, -0.1) is 0 Å². The van der Waals surface area contributed by atoms with E-state index in [0.717, 1.165) is 50.3 Å². The van der Waals surface area contributed by atoms with Gasteiger partial charge in [-0.05, 0) is 75.3 Å². The van der Waals surface area contributed by atoms with Crippen molar-refractivity contribution in [2.45, 2.75) is 25.2 Å². The summed E-state index contributed by atoms with van der Waals surface area (Å²) >= 11 is 6.17. The molecular formula is C23H31ClN4O3S. The lowest BCUT2D eigenvalue weighted by Crippen LogP contribution is -2.45. The lowest BCUT2D eigenvalue weighted by molar-refractivity contribution is 0.0949. The molecule has 0 aromatic heterocycles. The summed E-state index contributed by atoms with van der Waals surface area (Å²) in [7, 11) is -1.83. The summed E-state index contributed by atoms with van der Waals surface area (Å²) in [6.45, 7) is 9.51. The Morgan fingerprint density at radius 2 is 1.75 bits per heavy atom. The molecule has 2 aromatic rings. The van der Waals surface area contributed by atoms with Crippen LogP contribution in [0.5, 0.6) is 0 Å². The van der Waals surface area contributed by atoms with Gasteiger partial charge in [0.2, 0.25) is 0 Å². The van der Waals surface area contributed by atoms with Gasteiger partial charge < -0.3 is 15.1 Å². The SMILES string of the molecule is Cc1ccc(NS(=O)(=O)c2cc(C(=O)NCCCN3CCN(C)CC3)ccc2Cl)cc1C. The van der Waals surface area contributed by atoms with Crippen LogP contribution in [0, 0.1) is 13.8 Å². The number of benzene rings is 2. The minimum absolute atomic E-state index is 0.0629. The first-order valence-electron chi connectivity index (χ1n) is 10.7. The fraction of sp³-hybridized carbons (Fsp3) is 0.435. The molecule has 1 fully saturated rings. The summed E-state index contributed by atoms with van der Waals surface area (Å²) in [6, 6.07) is 9.60. The third-order valence-corrected chi connectivity index (χ3v) is 7.64. The van der Waals surface area contributed by atoms with Crippen LogP contribution in [0.1, 0.15) is 27.9 Å². The largest absolute Gasteiger partial charge is 0.352 e. The zero-order valence-electron chi connectivity index (χ0n) is 18.8. The Morgan fingerprint density at radius 1 is 1.03 bits per heavy atom. The molecule has 1 aliphatic rings. The number of halogens is 1. The van der Waals surface area contributed by atoms with Crippen LogP contribution >= 0.6 is 11.6 Å². The Bertz CT molecular complexity index is 1070. The number of carbonyl (C=O) groups excluding carboxylic acids is 1. The van der Waals surface area contributed by atoms with E-state index >= 15 is 0 Å². The van der Waals surface area contributed by atoms with E-state index in [4.69, 9.17) is 11.6 Å². The van der Waals surface area contributed by atoms with E-state index in [9.17, 15) is 13.2 Å². The van der Waals surface area contributed by atoms with Crippen molar-refractivity contribution >= 4 is 33.2 Å². The molecule has 0 saturated carbocycles. The van der Waals surface area contributed by atoms with Gasteiger partial charge in [0.1, 0.15) is 4.90 Å². The molecule has 1 heterocycles. The van der Waals surface area contributed by atoms with Gasteiger partial charge in [-0.1, -0.05) is 17.7 Å². The maximum absolute atomic E-state index is 12.9. The molecule has 7 nitrogen and oxygen atoms in total. The Morgan fingerprint density at radius 3 is 2.44 bits per heavy atom. The monoisotopic (exact) mass is 478 g/mol. The molecule has 0 unspecified atom stereocenters. The lowest BCUT2D eigenvalue weighted by atomic mass is 10.1. The van der Waals surface area contributed by atoms with Crippen molar-refractivity contribution < 1.29 is 13.2 Å². The van der Waals surface area contributed by atoms with Gasteiger partial charge in [0.15, 0.2) is 0 Å². The summed E-state index contributed by atoms with van der Waals surface area (Å²) in [5.41, 5.74) is 2.75. The quantitative estimate of drug-likeness (QED) is 0.570. The van der Waals surface area contributed by atoms with Crippen LogP contribution in [-0.4, -0.2) is 70.4 Å². The Balaban J connectivity index is 1.61. The summed E-state index contributed by atoms with van der Waals surface area (Å²) in [6.07, 6.45) is 0.836. The number of nitrogens with one attached hydrogen (secondary N) is 2. The van der Waals surface area contributed by atoms with Crippen molar-refractivity contribution in [3.63, 3.8) is 0 Å². The van der Waals surface area contributed by atoms with Crippen LogP contribution in [0.25, 0.3) is 0 Å². The maximum Gasteiger partial charge on any atom is 0.263 e. The van der Waals surface area contributed by atoms with Crippen molar-refractivity contribution in [1.29, 1.82) is 0 Å². The molecule has 3 rings (SSSR count). The molecule has 1 saturated heterocycles. The zero-order chi connectivity index (χ0) is 23.3. The number of piperazine rings is 1. The lowest BCUT2D eigenvalue weighted by Gasteiger charge is -2.32. The van der Waals surface area contributed by atoms with E-state index in [0.29, 0.717) is 12.2 Å². The Labute approximate surface area is 195 Å². The highest BCUT2D eigenvalue weighted by Crippen LogP contribution is 2.26. The van der Waals surface area contributed by atoms with E-state index in [1.54, 1.807) is 12.1 Å². The zero-order valence-corrected chi connectivity index (χ0v) is 20.4. The van der Waals surface area contributed by atoms with Crippen molar-refractivity contribution in [1.82, 2.24) is 15.1 Å². The molecule has 0 aliphatic carbocycles. The first-order chi connectivity index (χ1) is 15.2. The average molecular weight is 479 g/mol. The molecular weight excluding hydrogens is 448 g/mol. The number of hydrogen-bond acceptors (Lipinski definition) is 5. The molecule has 32 heavy (non-hydrogen) atoms. The third-order valence-electron chi connectivity index (χ3n) is 5.77. The minimum atomic E-state index is -3.95. The molecule has 0 spiro atoms. The number of rotatable bonds is 8. The normalized spacial score (nSPS) is 15.5. The standard InChI is InChI=1S/C23H31ClN4O3S/c1-17-5-7-20(15-18(17)2)26-32(30,31)22-16-19(6-8-21(22)24)23(29)25-9-4-10-28-13-11-27(3)12-14-28/h5-8,15-16,26H,4,9-14H2,1-3H3,(H,25,29). The van der Waals surface area contributed by atoms with Crippen LogP contribution < -0.4 is 10.0 Å². The molecule has 0 radical (unpaired) electrons. The van der Waals surface area contributed by atoms with Gasteiger partial charge in [-0.25, -0.2) is 8.42 Å². The van der Waals surface area contributed by atoms with Gasteiger partial charge in [-0.3, -0.25) is 9.52 Å². The van der Waals surface area contributed by atoms with Crippen LogP contribution in [0.2, 0.25) is 5.02 Å². The van der Waals surface area contributed by atoms with Crippen LogP contribution in [-0.2, 0) is 10.0 Å².